The van der Waals surface area contributed by atoms with Crippen molar-refractivity contribution in [3.63, 3.8) is 0 Å². The molecule has 1 fully saturated rings. The maximum atomic E-state index is 13.7. The maximum absolute atomic E-state index is 13.7. The Bertz CT molecular complexity index is 1080. The smallest absolute Gasteiger partial charge is 0.303 e. The molecule has 3 rings (SSSR count). The number of rotatable bonds is 6. The molecule has 0 aliphatic carbocycles. The second kappa shape index (κ2) is 10.4. The zero-order valence-corrected chi connectivity index (χ0v) is 19.0. The van der Waals surface area contributed by atoms with Gasteiger partial charge < -0.3 is 18.9 Å². The van der Waals surface area contributed by atoms with Gasteiger partial charge in [-0.3, -0.25) is 14.4 Å². The molecule has 184 valence electrons. The molecule has 10 nitrogen and oxygen atoms in total. The van der Waals surface area contributed by atoms with E-state index in [-0.39, 0.29) is 17.9 Å². The molecule has 1 saturated heterocycles. The van der Waals surface area contributed by atoms with Gasteiger partial charge in [-0.1, -0.05) is 5.21 Å². The second-order valence-corrected chi connectivity index (χ2v) is 7.85. The van der Waals surface area contributed by atoms with Crippen LogP contribution in [0.1, 0.15) is 26.8 Å². The molecular formula is C20H20F3N3O7S. The topological polar surface area (TPSA) is 119 Å². The Hall–Kier alpha value is -3.13. The van der Waals surface area contributed by atoms with Gasteiger partial charge in [-0.2, -0.15) is 0 Å². The average Bonchev–Trinajstić information content (AvgIpc) is 3.22. The minimum Gasteiger partial charge on any atom is -0.463 e. The Morgan fingerprint density at radius 3 is 2.18 bits per heavy atom. The van der Waals surface area contributed by atoms with Crippen molar-refractivity contribution in [1.82, 2.24) is 15.0 Å². The van der Waals surface area contributed by atoms with E-state index in [0.29, 0.717) is 0 Å². The average molecular weight is 503 g/mol. The van der Waals surface area contributed by atoms with E-state index in [4.69, 9.17) is 18.9 Å². The molecule has 2 aromatic rings. The molecule has 0 amide bonds. The lowest BCUT2D eigenvalue weighted by atomic mass is 9.96. The summed E-state index contributed by atoms with van der Waals surface area (Å²) in [4.78, 5) is 34.9. The van der Waals surface area contributed by atoms with Gasteiger partial charge in [-0.15, -0.1) is 17.7 Å². The Morgan fingerprint density at radius 1 is 1.03 bits per heavy atom. The van der Waals surface area contributed by atoms with Crippen LogP contribution in [0.15, 0.2) is 18.3 Å². The van der Waals surface area contributed by atoms with E-state index >= 15 is 0 Å². The summed E-state index contributed by atoms with van der Waals surface area (Å²) in [6, 6.07) is 0.366. The molecule has 0 radical (unpaired) electrons. The largest absolute Gasteiger partial charge is 0.463 e. The molecule has 5 atom stereocenters. The molecule has 34 heavy (non-hydrogen) atoms. The van der Waals surface area contributed by atoms with E-state index < -0.39 is 65.1 Å². The van der Waals surface area contributed by atoms with E-state index in [0.717, 1.165) is 30.7 Å². The number of hydrogen-bond donors (Lipinski definition) is 1. The summed E-state index contributed by atoms with van der Waals surface area (Å²) in [6.07, 6.45) is -2.19. The van der Waals surface area contributed by atoms with Crippen LogP contribution in [0.3, 0.4) is 0 Å². The van der Waals surface area contributed by atoms with Crippen molar-refractivity contribution in [2.75, 3.05) is 6.61 Å². The van der Waals surface area contributed by atoms with E-state index in [2.05, 4.69) is 22.9 Å². The standard InChI is InChI=1S/C20H20F3N3O7S/c1-8(27)30-7-15-18(31-9(2)28)17(19(20(34)33-15)32-10(3)29)26-6-14(24-25-26)11-4-12(21)16(23)13(22)5-11/h4-6,15,17-20,34H,7H2,1-3H3. The van der Waals surface area contributed by atoms with Gasteiger partial charge in [0.1, 0.15) is 29.9 Å². The Kier molecular flexibility index (Phi) is 7.82. The number of nitrogens with zero attached hydrogens (tertiary/aromatic N) is 3. The summed E-state index contributed by atoms with van der Waals surface area (Å²) in [7, 11) is 0. The van der Waals surface area contributed by atoms with Crippen LogP contribution >= 0.6 is 12.6 Å². The van der Waals surface area contributed by atoms with Crippen LogP contribution in [0.25, 0.3) is 11.3 Å². The summed E-state index contributed by atoms with van der Waals surface area (Å²) in [5.74, 6) is -6.56. The lowest BCUT2D eigenvalue weighted by molar-refractivity contribution is -0.211. The molecule has 1 aromatic heterocycles. The van der Waals surface area contributed by atoms with E-state index in [9.17, 15) is 27.6 Å². The predicted octanol–water partition coefficient (Wildman–Crippen LogP) is 1.98. The highest BCUT2D eigenvalue weighted by molar-refractivity contribution is 7.80. The fourth-order valence-electron chi connectivity index (χ4n) is 3.46. The molecule has 0 N–H and O–H groups in total. The molecule has 0 spiro atoms. The van der Waals surface area contributed by atoms with Crippen molar-refractivity contribution in [2.45, 2.75) is 50.6 Å². The molecule has 5 unspecified atom stereocenters. The highest BCUT2D eigenvalue weighted by Crippen LogP contribution is 2.36. The molecule has 1 aromatic carbocycles. The summed E-state index contributed by atoms with van der Waals surface area (Å²) < 4.78 is 63.3. The number of benzene rings is 1. The first-order valence-corrected chi connectivity index (χ1v) is 10.4. The first-order valence-electron chi connectivity index (χ1n) is 9.86. The van der Waals surface area contributed by atoms with E-state index in [1.165, 1.54) is 13.1 Å². The Labute approximate surface area is 196 Å². The molecule has 1 aliphatic heterocycles. The SMILES string of the molecule is CC(=O)OCC1OC(S)C(OC(C)=O)C(n2cc(-c3cc(F)c(F)c(F)c3)nn2)C1OC(C)=O. The van der Waals surface area contributed by atoms with Gasteiger partial charge in [0, 0.05) is 26.3 Å². The molecule has 0 saturated carbocycles. The highest BCUT2D eigenvalue weighted by Gasteiger charge is 2.50. The molecule has 2 heterocycles. The third kappa shape index (κ3) is 5.67. The lowest BCUT2D eigenvalue weighted by Crippen LogP contribution is -2.57. The van der Waals surface area contributed by atoms with E-state index in [1.54, 1.807) is 0 Å². The van der Waals surface area contributed by atoms with Crippen molar-refractivity contribution in [2.24, 2.45) is 0 Å². The van der Waals surface area contributed by atoms with Gasteiger partial charge in [-0.25, -0.2) is 17.9 Å². The van der Waals surface area contributed by atoms with Crippen LogP contribution < -0.4 is 0 Å². The van der Waals surface area contributed by atoms with Crippen molar-refractivity contribution in [3.05, 3.63) is 35.8 Å². The normalized spacial score (nSPS) is 24.4. The van der Waals surface area contributed by atoms with Crippen LogP contribution in [-0.2, 0) is 33.3 Å². The summed E-state index contributed by atoms with van der Waals surface area (Å²) in [5.41, 5.74) is -1.25. The minimum atomic E-state index is -1.64. The Balaban J connectivity index is 2.05. The van der Waals surface area contributed by atoms with Crippen LogP contribution in [0, 0.1) is 17.5 Å². The molecular weight excluding hydrogens is 483 g/mol. The number of ether oxygens (including phenoxy) is 4. The first-order chi connectivity index (χ1) is 16.0. The first kappa shape index (κ1) is 25.5. The highest BCUT2D eigenvalue weighted by atomic mass is 32.1. The Morgan fingerprint density at radius 2 is 1.62 bits per heavy atom. The van der Waals surface area contributed by atoms with Crippen LogP contribution in [0.5, 0.6) is 0 Å². The van der Waals surface area contributed by atoms with Crippen LogP contribution in [0.2, 0.25) is 0 Å². The number of hydrogen-bond acceptors (Lipinski definition) is 10. The zero-order valence-electron chi connectivity index (χ0n) is 18.1. The summed E-state index contributed by atoms with van der Waals surface area (Å²) >= 11 is 4.31. The van der Waals surface area contributed by atoms with Crippen molar-refractivity contribution < 1.29 is 46.5 Å². The minimum absolute atomic E-state index is 0.0558. The zero-order chi connectivity index (χ0) is 25.2. The summed E-state index contributed by atoms with van der Waals surface area (Å²) in [6.45, 7) is 3.11. The van der Waals surface area contributed by atoms with Gasteiger partial charge in [0.25, 0.3) is 0 Å². The molecule has 0 bridgehead atoms. The number of halogens is 3. The maximum Gasteiger partial charge on any atom is 0.303 e. The fourth-order valence-corrected chi connectivity index (χ4v) is 3.85. The van der Waals surface area contributed by atoms with Crippen molar-refractivity contribution >= 4 is 30.5 Å². The van der Waals surface area contributed by atoms with Gasteiger partial charge in [0.2, 0.25) is 0 Å². The van der Waals surface area contributed by atoms with Gasteiger partial charge in [0.05, 0.1) is 6.20 Å². The van der Waals surface area contributed by atoms with Crippen LogP contribution in [-0.4, -0.2) is 63.3 Å². The quantitative estimate of drug-likeness (QED) is 0.273. The molecule has 14 heteroatoms. The van der Waals surface area contributed by atoms with Crippen molar-refractivity contribution in [1.29, 1.82) is 0 Å². The third-order valence-electron chi connectivity index (χ3n) is 4.79. The summed E-state index contributed by atoms with van der Waals surface area (Å²) in [5, 5.41) is 7.78. The third-order valence-corrected chi connectivity index (χ3v) is 5.20. The van der Waals surface area contributed by atoms with Gasteiger partial charge in [0.15, 0.2) is 29.7 Å². The predicted molar refractivity (Wildman–Crippen MR) is 110 cm³/mol. The number of thiol groups is 1. The van der Waals surface area contributed by atoms with Gasteiger partial charge >= 0.3 is 17.9 Å². The number of esters is 3. The van der Waals surface area contributed by atoms with Crippen molar-refractivity contribution in [3.8, 4) is 11.3 Å². The number of carbonyl (C=O) groups excluding carboxylic acids is 3. The second-order valence-electron chi connectivity index (χ2n) is 7.34. The molecule has 1 aliphatic rings. The lowest BCUT2D eigenvalue weighted by Gasteiger charge is -2.43. The van der Waals surface area contributed by atoms with Crippen LogP contribution in [0.4, 0.5) is 13.2 Å². The number of carbonyl (C=O) groups is 3. The monoisotopic (exact) mass is 503 g/mol. The van der Waals surface area contributed by atoms with E-state index in [1.807, 2.05) is 0 Å². The van der Waals surface area contributed by atoms with Gasteiger partial charge in [-0.05, 0) is 12.1 Å². The number of aromatic nitrogens is 3. The fraction of sp³-hybridized carbons (Fsp3) is 0.450.